The zero-order valence-electron chi connectivity index (χ0n) is 10.9. The molecule has 0 saturated carbocycles. The molecular formula is C12H14BrN5O. The van der Waals surface area contributed by atoms with E-state index in [-0.39, 0.29) is 11.9 Å². The van der Waals surface area contributed by atoms with Gasteiger partial charge < -0.3 is 5.32 Å². The number of carbonyl (C=O) groups is 1. The van der Waals surface area contributed by atoms with Gasteiger partial charge in [0.25, 0.3) is 5.91 Å². The van der Waals surface area contributed by atoms with Gasteiger partial charge in [0.15, 0.2) is 5.69 Å². The summed E-state index contributed by atoms with van der Waals surface area (Å²) in [6.07, 6.45) is 3.38. The van der Waals surface area contributed by atoms with E-state index in [0.29, 0.717) is 21.8 Å². The number of carbonyl (C=O) groups excluding carboxylic acids is 1. The summed E-state index contributed by atoms with van der Waals surface area (Å²) in [4.78, 5) is 20.2. The lowest BCUT2D eigenvalue weighted by molar-refractivity contribution is 0.102. The Morgan fingerprint density at radius 1 is 1.47 bits per heavy atom. The Kier molecular flexibility index (Phi) is 3.94. The summed E-state index contributed by atoms with van der Waals surface area (Å²) in [7, 11) is 0. The highest BCUT2D eigenvalue weighted by Gasteiger charge is 2.16. The minimum absolute atomic E-state index is 0.194. The van der Waals surface area contributed by atoms with E-state index in [0.717, 1.165) is 0 Å². The van der Waals surface area contributed by atoms with Gasteiger partial charge in [0.1, 0.15) is 11.6 Å². The first kappa shape index (κ1) is 13.7. The van der Waals surface area contributed by atoms with Crippen LogP contribution in [0.1, 0.15) is 36.2 Å². The monoisotopic (exact) mass is 323 g/mol. The van der Waals surface area contributed by atoms with Crippen LogP contribution in [0, 0.1) is 6.92 Å². The molecule has 0 aliphatic carbocycles. The molecule has 2 rings (SSSR count). The molecule has 0 unspecified atom stereocenters. The van der Waals surface area contributed by atoms with Crippen LogP contribution in [0.25, 0.3) is 0 Å². The van der Waals surface area contributed by atoms with E-state index >= 15 is 0 Å². The van der Waals surface area contributed by atoms with E-state index < -0.39 is 0 Å². The first-order chi connectivity index (χ1) is 8.97. The molecule has 0 aromatic carbocycles. The van der Waals surface area contributed by atoms with Crippen LogP contribution >= 0.6 is 15.9 Å². The number of amides is 1. The molecule has 2 aromatic heterocycles. The highest BCUT2D eigenvalue weighted by molar-refractivity contribution is 9.10. The molecule has 6 nitrogen and oxygen atoms in total. The highest BCUT2D eigenvalue weighted by Crippen LogP contribution is 2.18. The molecule has 1 N–H and O–H groups in total. The van der Waals surface area contributed by atoms with Crippen molar-refractivity contribution in [2.24, 2.45) is 0 Å². The predicted octanol–water partition coefficient (Wildman–Crippen LogP) is 2.58. The van der Waals surface area contributed by atoms with Gasteiger partial charge >= 0.3 is 0 Å². The lowest BCUT2D eigenvalue weighted by atomic mass is 10.4. The second kappa shape index (κ2) is 5.48. The molecule has 19 heavy (non-hydrogen) atoms. The fourth-order valence-electron chi connectivity index (χ4n) is 1.49. The van der Waals surface area contributed by atoms with Gasteiger partial charge in [-0.05, 0) is 42.8 Å². The molecule has 1 amide bonds. The third-order valence-corrected chi connectivity index (χ3v) is 3.03. The Hall–Kier alpha value is -1.76. The van der Waals surface area contributed by atoms with Crippen LogP contribution in [-0.4, -0.2) is 25.7 Å². The summed E-state index contributed by atoms with van der Waals surface area (Å²) in [5, 5.41) is 6.94. The number of rotatable bonds is 3. The molecule has 0 bridgehead atoms. The van der Waals surface area contributed by atoms with Gasteiger partial charge in [-0.15, -0.1) is 0 Å². The average molecular weight is 324 g/mol. The first-order valence-corrected chi connectivity index (χ1v) is 6.62. The van der Waals surface area contributed by atoms with Crippen LogP contribution in [0.4, 0.5) is 5.82 Å². The maximum Gasteiger partial charge on any atom is 0.278 e. The zero-order valence-corrected chi connectivity index (χ0v) is 12.5. The minimum Gasteiger partial charge on any atom is -0.305 e. The molecule has 2 heterocycles. The number of hydrogen-bond donors (Lipinski definition) is 1. The van der Waals surface area contributed by atoms with Crippen molar-refractivity contribution in [1.29, 1.82) is 0 Å². The van der Waals surface area contributed by atoms with Crippen LogP contribution in [0.15, 0.2) is 22.9 Å². The molecule has 7 heteroatoms. The minimum atomic E-state index is -0.302. The molecule has 0 fully saturated rings. The largest absolute Gasteiger partial charge is 0.305 e. The summed E-state index contributed by atoms with van der Waals surface area (Å²) in [5.74, 6) is 0.762. The van der Waals surface area contributed by atoms with Gasteiger partial charge in [0.05, 0.1) is 4.47 Å². The third kappa shape index (κ3) is 3.17. The standard InChI is InChI=1S/C12H14BrN5O/c1-7(2)18-6-9(13)11(17-18)12(19)16-10-4-5-14-8(3)15-10/h4-7H,1-3H3,(H,14,15,16,19). The molecule has 0 atom stereocenters. The Morgan fingerprint density at radius 3 is 2.79 bits per heavy atom. The molecule has 0 aliphatic rings. The maximum absolute atomic E-state index is 12.1. The van der Waals surface area contributed by atoms with Crippen LogP contribution in [0.2, 0.25) is 0 Å². The van der Waals surface area contributed by atoms with Gasteiger partial charge in [-0.3, -0.25) is 9.48 Å². The van der Waals surface area contributed by atoms with Crippen molar-refractivity contribution in [1.82, 2.24) is 19.7 Å². The van der Waals surface area contributed by atoms with Crippen LogP contribution in [-0.2, 0) is 0 Å². The van der Waals surface area contributed by atoms with Gasteiger partial charge in [0.2, 0.25) is 0 Å². The fourth-order valence-corrected chi connectivity index (χ4v) is 1.96. The number of anilines is 1. The Morgan fingerprint density at radius 2 is 2.21 bits per heavy atom. The number of nitrogens with zero attached hydrogens (tertiary/aromatic N) is 4. The van der Waals surface area contributed by atoms with E-state index in [4.69, 9.17) is 0 Å². The molecular weight excluding hydrogens is 310 g/mol. The average Bonchev–Trinajstić information content (AvgIpc) is 2.71. The van der Waals surface area contributed by atoms with Gasteiger partial charge in [-0.1, -0.05) is 0 Å². The second-order valence-corrected chi connectivity index (χ2v) is 5.20. The normalized spacial score (nSPS) is 10.8. The molecule has 100 valence electrons. The number of aryl methyl sites for hydroxylation is 1. The predicted molar refractivity (Wildman–Crippen MR) is 75.0 cm³/mol. The van der Waals surface area contributed by atoms with Crippen molar-refractivity contribution in [3.05, 3.63) is 34.5 Å². The van der Waals surface area contributed by atoms with Crippen molar-refractivity contribution in [2.45, 2.75) is 26.8 Å². The van der Waals surface area contributed by atoms with Crippen molar-refractivity contribution >= 4 is 27.7 Å². The molecule has 0 radical (unpaired) electrons. The quantitative estimate of drug-likeness (QED) is 0.942. The summed E-state index contributed by atoms with van der Waals surface area (Å²) >= 11 is 3.34. The smallest absolute Gasteiger partial charge is 0.278 e. The fraction of sp³-hybridized carbons (Fsp3) is 0.333. The lowest BCUT2D eigenvalue weighted by Gasteiger charge is -2.04. The van der Waals surface area contributed by atoms with E-state index in [2.05, 4.69) is 36.3 Å². The highest BCUT2D eigenvalue weighted by atomic mass is 79.9. The van der Waals surface area contributed by atoms with Crippen molar-refractivity contribution in [2.75, 3.05) is 5.32 Å². The number of nitrogens with one attached hydrogen (secondary N) is 1. The Bertz CT molecular complexity index is 608. The van der Waals surface area contributed by atoms with Gasteiger partial charge in [-0.25, -0.2) is 9.97 Å². The van der Waals surface area contributed by atoms with E-state index in [1.807, 2.05) is 13.8 Å². The number of halogens is 1. The Balaban J connectivity index is 2.20. The van der Waals surface area contributed by atoms with Crippen LogP contribution in [0.5, 0.6) is 0 Å². The summed E-state index contributed by atoms with van der Waals surface area (Å²) in [6.45, 7) is 5.75. The first-order valence-electron chi connectivity index (χ1n) is 5.83. The SMILES string of the molecule is Cc1nccc(NC(=O)c2nn(C(C)C)cc2Br)n1. The second-order valence-electron chi connectivity index (χ2n) is 4.34. The Labute approximate surface area is 119 Å². The van der Waals surface area contributed by atoms with Gasteiger partial charge in [0, 0.05) is 18.4 Å². The molecule has 2 aromatic rings. The summed E-state index contributed by atoms with van der Waals surface area (Å²) < 4.78 is 2.38. The van der Waals surface area contributed by atoms with E-state index in [9.17, 15) is 4.79 Å². The maximum atomic E-state index is 12.1. The summed E-state index contributed by atoms with van der Waals surface area (Å²) in [5.41, 5.74) is 0.338. The summed E-state index contributed by atoms with van der Waals surface area (Å²) in [6, 6.07) is 1.83. The van der Waals surface area contributed by atoms with Crippen molar-refractivity contribution in [3.63, 3.8) is 0 Å². The number of aromatic nitrogens is 4. The van der Waals surface area contributed by atoms with Crippen LogP contribution in [0.3, 0.4) is 0 Å². The van der Waals surface area contributed by atoms with Gasteiger partial charge in [-0.2, -0.15) is 5.10 Å². The topological polar surface area (TPSA) is 72.7 Å². The van der Waals surface area contributed by atoms with Crippen LogP contribution < -0.4 is 5.32 Å². The van der Waals surface area contributed by atoms with Crippen molar-refractivity contribution < 1.29 is 4.79 Å². The molecule has 0 aliphatic heterocycles. The van der Waals surface area contributed by atoms with E-state index in [1.54, 1.807) is 30.1 Å². The molecule has 0 saturated heterocycles. The molecule has 0 spiro atoms. The van der Waals surface area contributed by atoms with E-state index in [1.165, 1.54) is 0 Å². The zero-order chi connectivity index (χ0) is 14.0. The van der Waals surface area contributed by atoms with Crippen molar-refractivity contribution in [3.8, 4) is 0 Å². The third-order valence-electron chi connectivity index (χ3n) is 2.45. The number of hydrogen-bond acceptors (Lipinski definition) is 4. The lowest BCUT2D eigenvalue weighted by Crippen LogP contribution is -2.15.